The molecule has 0 aromatic heterocycles. The molecular formula is C17H25ClN2O. The van der Waals surface area contributed by atoms with E-state index >= 15 is 0 Å². The van der Waals surface area contributed by atoms with Gasteiger partial charge in [0.25, 0.3) is 0 Å². The second-order valence-electron chi connectivity index (χ2n) is 5.61. The van der Waals surface area contributed by atoms with Gasteiger partial charge in [0.1, 0.15) is 12.4 Å². The van der Waals surface area contributed by atoms with Gasteiger partial charge in [-0.3, -0.25) is 0 Å². The molecule has 0 radical (unpaired) electrons. The van der Waals surface area contributed by atoms with Crippen LogP contribution < -0.4 is 4.74 Å². The Morgan fingerprint density at radius 2 is 2.05 bits per heavy atom. The van der Waals surface area contributed by atoms with Crippen LogP contribution in [0.4, 0.5) is 0 Å². The van der Waals surface area contributed by atoms with Crippen molar-refractivity contribution in [1.82, 2.24) is 9.80 Å². The average molecular weight is 309 g/mol. The van der Waals surface area contributed by atoms with E-state index in [1.54, 1.807) is 0 Å². The Kier molecular flexibility index (Phi) is 5.95. The Morgan fingerprint density at radius 1 is 1.38 bits per heavy atom. The maximum Gasteiger partial charge on any atom is 0.138 e. The van der Waals surface area contributed by atoms with Gasteiger partial charge in [-0.15, -0.1) is 0 Å². The first-order valence-corrected chi connectivity index (χ1v) is 8.00. The highest BCUT2D eigenvalue weighted by atomic mass is 35.5. The van der Waals surface area contributed by atoms with Crippen LogP contribution in [0.5, 0.6) is 5.75 Å². The van der Waals surface area contributed by atoms with Crippen LogP contribution in [0.3, 0.4) is 0 Å². The smallest absolute Gasteiger partial charge is 0.138 e. The van der Waals surface area contributed by atoms with Crippen LogP contribution in [0, 0.1) is 0 Å². The van der Waals surface area contributed by atoms with Crippen molar-refractivity contribution in [3.63, 3.8) is 0 Å². The van der Waals surface area contributed by atoms with E-state index in [-0.39, 0.29) is 0 Å². The lowest BCUT2D eigenvalue weighted by atomic mass is 10.0. The van der Waals surface area contributed by atoms with E-state index in [0.29, 0.717) is 17.7 Å². The van der Waals surface area contributed by atoms with Gasteiger partial charge in [0.2, 0.25) is 0 Å². The molecule has 0 saturated carbocycles. The normalized spacial score (nSPS) is 16.7. The fourth-order valence-electron chi connectivity index (χ4n) is 2.85. The SMILES string of the molecule is C=C(COc1ccccc1Cl)N(CC)C1CCN(C)CC1. The van der Waals surface area contributed by atoms with Gasteiger partial charge < -0.3 is 14.5 Å². The molecule has 1 fully saturated rings. The standard InChI is InChI=1S/C17H25ClN2O/c1-4-20(15-9-11-19(3)12-10-15)14(2)13-21-17-8-6-5-7-16(17)18/h5-8,15H,2,4,9-13H2,1,3H3. The fraction of sp³-hybridized carbons (Fsp3) is 0.529. The second kappa shape index (κ2) is 7.71. The van der Waals surface area contributed by atoms with E-state index in [2.05, 4.69) is 30.4 Å². The molecular weight excluding hydrogens is 284 g/mol. The number of rotatable bonds is 6. The monoisotopic (exact) mass is 308 g/mol. The molecule has 4 heteroatoms. The molecule has 116 valence electrons. The van der Waals surface area contributed by atoms with E-state index < -0.39 is 0 Å². The minimum Gasteiger partial charge on any atom is -0.486 e. The fourth-order valence-corrected chi connectivity index (χ4v) is 3.04. The molecule has 0 N–H and O–H groups in total. The summed E-state index contributed by atoms with van der Waals surface area (Å²) in [6, 6.07) is 8.14. The largest absolute Gasteiger partial charge is 0.486 e. The van der Waals surface area contributed by atoms with Crippen LogP contribution in [0.15, 0.2) is 36.5 Å². The Morgan fingerprint density at radius 3 is 2.67 bits per heavy atom. The first kappa shape index (κ1) is 16.2. The molecule has 21 heavy (non-hydrogen) atoms. The zero-order valence-electron chi connectivity index (χ0n) is 13.0. The summed E-state index contributed by atoms with van der Waals surface area (Å²) in [6.07, 6.45) is 2.38. The Balaban J connectivity index is 1.90. The first-order valence-electron chi connectivity index (χ1n) is 7.62. The van der Waals surface area contributed by atoms with Gasteiger partial charge in [0, 0.05) is 18.3 Å². The zero-order valence-corrected chi connectivity index (χ0v) is 13.8. The highest BCUT2D eigenvalue weighted by Crippen LogP contribution is 2.25. The Labute approximate surface area is 133 Å². The summed E-state index contributed by atoms with van der Waals surface area (Å²) in [7, 11) is 2.18. The van der Waals surface area contributed by atoms with E-state index in [1.807, 2.05) is 24.3 Å². The van der Waals surface area contributed by atoms with Crippen molar-refractivity contribution < 1.29 is 4.74 Å². The van der Waals surface area contributed by atoms with E-state index in [4.69, 9.17) is 16.3 Å². The average Bonchev–Trinajstić information content (AvgIpc) is 2.49. The van der Waals surface area contributed by atoms with Crippen molar-refractivity contribution in [2.75, 3.05) is 33.3 Å². The maximum atomic E-state index is 6.11. The molecule has 1 heterocycles. The molecule has 1 aliphatic rings. The van der Waals surface area contributed by atoms with Crippen molar-refractivity contribution in [3.8, 4) is 5.75 Å². The number of hydrogen-bond donors (Lipinski definition) is 0. The molecule has 0 aliphatic carbocycles. The lowest BCUT2D eigenvalue weighted by Crippen LogP contribution is -2.43. The summed E-state index contributed by atoms with van der Waals surface area (Å²) in [5.41, 5.74) is 1.03. The molecule has 2 rings (SSSR count). The summed E-state index contributed by atoms with van der Waals surface area (Å²) in [4.78, 5) is 4.76. The lowest BCUT2D eigenvalue weighted by molar-refractivity contribution is 0.142. The molecule has 3 nitrogen and oxygen atoms in total. The molecule has 0 unspecified atom stereocenters. The summed E-state index contributed by atoms with van der Waals surface area (Å²) in [5.74, 6) is 0.722. The third-order valence-corrected chi connectivity index (χ3v) is 4.42. The van der Waals surface area contributed by atoms with Gasteiger partial charge in [0.05, 0.1) is 5.02 Å². The summed E-state index contributed by atoms with van der Waals surface area (Å²) in [5, 5.41) is 0.646. The predicted molar refractivity (Wildman–Crippen MR) is 89.0 cm³/mol. The van der Waals surface area contributed by atoms with E-state index in [1.165, 1.54) is 12.8 Å². The van der Waals surface area contributed by atoms with Crippen LogP contribution in [0.2, 0.25) is 5.02 Å². The molecule has 0 spiro atoms. The van der Waals surface area contributed by atoms with Crippen molar-refractivity contribution >= 4 is 11.6 Å². The highest BCUT2D eigenvalue weighted by Gasteiger charge is 2.23. The van der Waals surface area contributed by atoms with Gasteiger partial charge in [-0.1, -0.05) is 30.3 Å². The molecule has 0 amide bonds. The lowest BCUT2D eigenvalue weighted by Gasteiger charge is -2.39. The Hall–Kier alpha value is -1.19. The van der Waals surface area contributed by atoms with Crippen LogP contribution in [-0.2, 0) is 0 Å². The molecule has 1 aromatic rings. The number of benzene rings is 1. The third-order valence-electron chi connectivity index (χ3n) is 4.11. The summed E-state index contributed by atoms with van der Waals surface area (Å²) < 4.78 is 5.81. The van der Waals surface area contributed by atoms with Gasteiger partial charge in [-0.25, -0.2) is 0 Å². The molecule has 1 aliphatic heterocycles. The number of para-hydroxylation sites is 1. The second-order valence-corrected chi connectivity index (χ2v) is 6.01. The van der Waals surface area contributed by atoms with E-state index in [0.717, 1.165) is 31.1 Å². The van der Waals surface area contributed by atoms with Crippen molar-refractivity contribution in [1.29, 1.82) is 0 Å². The number of nitrogens with zero attached hydrogens (tertiary/aromatic N) is 2. The van der Waals surface area contributed by atoms with Crippen molar-refractivity contribution in [2.45, 2.75) is 25.8 Å². The number of piperidine rings is 1. The summed E-state index contributed by atoms with van der Waals surface area (Å²) >= 11 is 6.11. The first-order chi connectivity index (χ1) is 10.1. The minimum atomic E-state index is 0.490. The van der Waals surface area contributed by atoms with Gasteiger partial charge in [-0.2, -0.15) is 0 Å². The number of likely N-dealkylation sites (tertiary alicyclic amines) is 1. The third kappa shape index (κ3) is 4.39. The molecule has 1 saturated heterocycles. The van der Waals surface area contributed by atoms with E-state index in [9.17, 15) is 0 Å². The topological polar surface area (TPSA) is 15.7 Å². The Bertz CT molecular complexity index is 470. The van der Waals surface area contributed by atoms with Crippen LogP contribution in [0.1, 0.15) is 19.8 Å². The zero-order chi connectivity index (χ0) is 15.2. The number of ether oxygens (including phenoxy) is 1. The molecule has 0 atom stereocenters. The number of likely N-dealkylation sites (N-methyl/N-ethyl adjacent to an activating group) is 1. The minimum absolute atomic E-state index is 0.490. The molecule has 1 aromatic carbocycles. The summed E-state index contributed by atoms with van der Waals surface area (Å²) in [6.45, 7) is 10.2. The quantitative estimate of drug-likeness (QED) is 0.798. The van der Waals surface area contributed by atoms with Crippen molar-refractivity contribution in [3.05, 3.63) is 41.6 Å². The highest BCUT2D eigenvalue weighted by molar-refractivity contribution is 6.32. The number of hydrogen-bond acceptors (Lipinski definition) is 3. The number of halogens is 1. The van der Waals surface area contributed by atoms with Crippen LogP contribution in [-0.4, -0.2) is 49.1 Å². The van der Waals surface area contributed by atoms with Crippen LogP contribution >= 0.6 is 11.6 Å². The van der Waals surface area contributed by atoms with Crippen LogP contribution in [0.25, 0.3) is 0 Å². The molecule has 0 bridgehead atoms. The van der Waals surface area contributed by atoms with Crippen molar-refractivity contribution in [2.24, 2.45) is 0 Å². The van der Waals surface area contributed by atoms with Gasteiger partial charge in [-0.05, 0) is 52.0 Å². The maximum absolute atomic E-state index is 6.11. The predicted octanol–water partition coefficient (Wildman–Crippen LogP) is 3.65. The van der Waals surface area contributed by atoms with Gasteiger partial charge >= 0.3 is 0 Å². The van der Waals surface area contributed by atoms with Gasteiger partial charge in [0.15, 0.2) is 0 Å².